The molecule has 0 N–H and O–H groups in total. The molecule has 27 heavy (non-hydrogen) atoms. The zero-order valence-corrected chi connectivity index (χ0v) is 21.1. The Balaban J connectivity index is 1.85. The van der Waals surface area contributed by atoms with Crippen molar-refractivity contribution in [1.29, 1.82) is 0 Å². The van der Waals surface area contributed by atoms with Crippen LogP contribution in [-0.2, 0) is 0 Å². The Morgan fingerprint density at radius 3 is 1.56 bits per heavy atom. The average Bonchev–Trinajstić information content (AvgIpc) is 2.45. The predicted molar refractivity (Wildman–Crippen MR) is 129 cm³/mol. The second-order valence-electron chi connectivity index (χ2n) is 12.9. The third-order valence-corrected chi connectivity index (χ3v) is 20.4. The van der Waals surface area contributed by atoms with Gasteiger partial charge in [-0.15, -0.1) is 0 Å². The molecule has 0 spiro atoms. The Bertz CT molecular complexity index is 610. The minimum atomic E-state index is -1.35. The SMILES string of the molecule is CC(C)(C)P(C(C)(C)C)C1(C)C=CC=CC1(C)[PH]12CC3CC(CC(C3)C1)C2. The van der Waals surface area contributed by atoms with Crippen LogP contribution >= 0.6 is 15.2 Å². The fourth-order valence-corrected chi connectivity index (χ4v) is 23.3. The zero-order chi connectivity index (χ0) is 19.9. The van der Waals surface area contributed by atoms with E-state index < -0.39 is 7.26 Å². The second-order valence-corrected chi connectivity index (χ2v) is 22.1. The van der Waals surface area contributed by atoms with Gasteiger partial charge in [-0.25, -0.2) is 0 Å². The maximum absolute atomic E-state index is 2.75. The molecule has 1 saturated carbocycles. The van der Waals surface area contributed by atoms with Crippen molar-refractivity contribution in [3.63, 3.8) is 0 Å². The van der Waals surface area contributed by atoms with Gasteiger partial charge in [0.15, 0.2) is 0 Å². The van der Waals surface area contributed by atoms with E-state index in [-0.39, 0.29) is 7.92 Å². The normalized spacial score (nSPS) is 44.1. The molecule has 154 valence electrons. The van der Waals surface area contributed by atoms with Crippen LogP contribution in [0, 0.1) is 17.8 Å². The standard InChI is InChI=1S/C25H44P2/c1-22(2,3)26(23(4,5)6)24(7)11-9-10-12-25(24,8)27-16-19-13-20(17-27)15-21(14-19)18-27/h9-12,19-21,27H,13-18H2,1-8H3. The molecule has 0 aromatic rings. The van der Waals surface area contributed by atoms with E-state index in [9.17, 15) is 0 Å². The average molecular weight is 407 g/mol. The summed E-state index contributed by atoms with van der Waals surface area (Å²) in [6.07, 6.45) is 19.9. The van der Waals surface area contributed by atoms with Crippen molar-refractivity contribution < 1.29 is 0 Å². The number of hydrogen-bond acceptors (Lipinski definition) is 0. The van der Waals surface area contributed by atoms with Gasteiger partial charge in [0.1, 0.15) is 0 Å². The summed E-state index contributed by atoms with van der Waals surface area (Å²) in [4.78, 5) is 0. The first-order chi connectivity index (χ1) is 12.3. The number of allylic oxidation sites excluding steroid dienone is 4. The van der Waals surface area contributed by atoms with Crippen LogP contribution in [0.25, 0.3) is 0 Å². The van der Waals surface area contributed by atoms with E-state index in [4.69, 9.17) is 0 Å². The van der Waals surface area contributed by atoms with Gasteiger partial charge in [-0.1, -0.05) is 0 Å². The molecule has 0 radical (unpaired) electrons. The predicted octanol–water partition coefficient (Wildman–Crippen LogP) is 7.52. The topological polar surface area (TPSA) is 0 Å². The summed E-state index contributed by atoms with van der Waals surface area (Å²) in [6.45, 7) is 20.6. The molecule has 4 bridgehead atoms. The van der Waals surface area contributed by atoms with E-state index in [1.165, 1.54) is 0 Å². The summed E-state index contributed by atoms with van der Waals surface area (Å²) in [5.41, 5.74) is 0. The van der Waals surface area contributed by atoms with Crippen LogP contribution in [0.5, 0.6) is 0 Å². The monoisotopic (exact) mass is 406 g/mol. The summed E-state index contributed by atoms with van der Waals surface area (Å²) >= 11 is 0. The van der Waals surface area contributed by atoms with Crippen LogP contribution in [0.1, 0.15) is 74.7 Å². The van der Waals surface area contributed by atoms with E-state index in [0.29, 0.717) is 20.6 Å². The van der Waals surface area contributed by atoms with E-state index in [1.54, 1.807) is 37.7 Å². The molecular weight excluding hydrogens is 362 g/mol. The Morgan fingerprint density at radius 1 is 0.741 bits per heavy atom. The molecule has 4 fully saturated rings. The fraction of sp³-hybridized carbons (Fsp3) is 0.840. The van der Waals surface area contributed by atoms with Crippen LogP contribution in [0.15, 0.2) is 24.3 Å². The number of rotatable bonds is 2. The molecule has 3 aliphatic heterocycles. The van der Waals surface area contributed by atoms with Crippen LogP contribution in [0.2, 0.25) is 0 Å². The van der Waals surface area contributed by atoms with Gasteiger partial charge in [-0.05, 0) is 0 Å². The minimum absolute atomic E-state index is 0.186. The van der Waals surface area contributed by atoms with Crippen molar-refractivity contribution in [2.24, 2.45) is 17.8 Å². The first kappa shape index (κ1) is 20.6. The van der Waals surface area contributed by atoms with Gasteiger partial charge in [-0.2, -0.15) is 0 Å². The molecule has 3 saturated heterocycles. The van der Waals surface area contributed by atoms with Gasteiger partial charge in [-0.3, -0.25) is 0 Å². The molecule has 0 aromatic carbocycles. The molecule has 5 rings (SSSR count). The van der Waals surface area contributed by atoms with E-state index >= 15 is 0 Å². The Labute approximate surface area is 171 Å². The van der Waals surface area contributed by atoms with Crippen molar-refractivity contribution in [3.8, 4) is 0 Å². The second kappa shape index (κ2) is 6.17. The van der Waals surface area contributed by atoms with Crippen molar-refractivity contribution in [1.82, 2.24) is 0 Å². The van der Waals surface area contributed by atoms with Gasteiger partial charge in [0.2, 0.25) is 0 Å². The molecule has 5 aliphatic rings. The molecule has 2 heteroatoms. The molecule has 3 heterocycles. The van der Waals surface area contributed by atoms with Crippen LogP contribution in [-0.4, -0.2) is 39.1 Å². The molecule has 2 atom stereocenters. The Kier molecular flexibility index (Phi) is 4.71. The first-order valence-corrected chi connectivity index (χ1v) is 15.4. The third-order valence-electron chi connectivity index (χ3n) is 8.96. The maximum atomic E-state index is 2.75. The first-order valence-electron chi connectivity index (χ1n) is 11.5. The zero-order valence-electron chi connectivity index (χ0n) is 19.2. The van der Waals surface area contributed by atoms with Crippen molar-refractivity contribution in [2.45, 2.75) is 95.3 Å². The van der Waals surface area contributed by atoms with Crippen molar-refractivity contribution in [3.05, 3.63) is 24.3 Å². The van der Waals surface area contributed by atoms with Gasteiger partial charge in [0.25, 0.3) is 0 Å². The van der Waals surface area contributed by atoms with E-state index in [2.05, 4.69) is 79.7 Å². The molecular formula is C25H44P2. The summed E-state index contributed by atoms with van der Waals surface area (Å²) in [5, 5.41) is 1.49. The summed E-state index contributed by atoms with van der Waals surface area (Å²) in [5.74, 6) is 3.25. The Morgan fingerprint density at radius 2 is 1.15 bits per heavy atom. The fourth-order valence-electron chi connectivity index (χ4n) is 9.00. The van der Waals surface area contributed by atoms with Gasteiger partial charge >= 0.3 is 171 Å². The van der Waals surface area contributed by atoms with Gasteiger partial charge in [0, 0.05) is 0 Å². The summed E-state index contributed by atoms with van der Waals surface area (Å²) in [6, 6.07) is 0. The van der Waals surface area contributed by atoms with Crippen LogP contribution < -0.4 is 0 Å². The molecule has 0 amide bonds. The quantitative estimate of drug-likeness (QED) is 0.416. The number of hydrogen-bond donors (Lipinski definition) is 0. The van der Waals surface area contributed by atoms with E-state index in [1.807, 2.05) is 0 Å². The van der Waals surface area contributed by atoms with Gasteiger partial charge in [0.05, 0.1) is 0 Å². The summed E-state index contributed by atoms with van der Waals surface area (Å²) in [7, 11) is -1.53. The molecule has 0 aromatic heterocycles. The molecule has 2 unspecified atom stereocenters. The van der Waals surface area contributed by atoms with Crippen molar-refractivity contribution >= 4 is 15.2 Å². The molecule has 2 aliphatic carbocycles. The van der Waals surface area contributed by atoms with Crippen molar-refractivity contribution in [2.75, 3.05) is 18.5 Å². The van der Waals surface area contributed by atoms with E-state index in [0.717, 1.165) is 17.8 Å². The Hall–Kier alpha value is 0.340. The van der Waals surface area contributed by atoms with Crippen LogP contribution in [0.4, 0.5) is 0 Å². The molecule has 0 nitrogen and oxygen atoms in total. The van der Waals surface area contributed by atoms with Gasteiger partial charge < -0.3 is 0 Å². The summed E-state index contributed by atoms with van der Waals surface area (Å²) < 4.78 is 0. The third kappa shape index (κ3) is 2.98. The van der Waals surface area contributed by atoms with Crippen LogP contribution in [0.3, 0.4) is 0 Å².